The van der Waals surface area contributed by atoms with Crippen LogP contribution in [0.2, 0.25) is 0 Å². The highest BCUT2D eigenvalue weighted by Gasteiger charge is 2.40. The Kier molecular flexibility index (Phi) is 2.39. The van der Waals surface area contributed by atoms with Gasteiger partial charge in [-0.15, -0.1) is 0 Å². The van der Waals surface area contributed by atoms with Crippen LogP contribution < -0.4 is 10.1 Å². The summed E-state index contributed by atoms with van der Waals surface area (Å²) in [6.07, 6.45) is 2.24. The van der Waals surface area contributed by atoms with E-state index >= 15 is 0 Å². The molecule has 1 spiro atoms. The van der Waals surface area contributed by atoms with Gasteiger partial charge >= 0.3 is 0 Å². The van der Waals surface area contributed by atoms with Crippen LogP contribution in [0.5, 0.6) is 11.5 Å². The van der Waals surface area contributed by atoms with E-state index in [2.05, 4.69) is 47.8 Å². The van der Waals surface area contributed by atoms with E-state index in [1.54, 1.807) is 0 Å². The Labute approximate surface area is 113 Å². The molecule has 2 heteroatoms. The minimum absolute atomic E-state index is 0.198. The van der Waals surface area contributed by atoms with Crippen molar-refractivity contribution in [2.45, 2.75) is 18.3 Å². The lowest BCUT2D eigenvalue weighted by Crippen LogP contribution is -2.31. The van der Waals surface area contributed by atoms with Gasteiger partial charge in [0.25, 0.3) is 0 Å². The van der Waals surface area contributed by atoms with Gasteiger partial charge in [-0.1, -0.05) is 36.4 Å². The van der Waals surface area contributed by atoms with Gasteiger partial charge in [0.1, 0.15) is 11.5 Å². The monoisotopic (exact) mass is 251 g/mol. The molecule has 96 valence electrons. The first-order valence-corrected chi connectivity index (χ1v) is 6.93. The fourth-order valence-electron chi connectivity index (χ4n) is 3.45. The summed E-state index contributed by atoms with van der Waals surface area (Å²) in [5.74, 6) is 2.04. The SMILES string of the molecule is c1ccc2c(c1)CC1(CCNC1)c1ccccc1O2. The minimum atomic E-state index is 0.198. The summed E-state index contributed by atoms with van der Waals surface area (Å²) in [6.45, 7) is 2.14. The van der Waals surface area contributed by atoms with Crippen LogP contribution in [-0.4, -0.2) is 13.1 Å². The largest absolute Gasteiger partial charge is 0.457 e. The number of fused-ring (bicyclic) bond motifs is 3. The smallest absolute Gasteiger partial charge is 0.131 e. The van der Waals surface area contributed by atoms with Crippen LogP contribution in [-0.2, 0) is 11.8 Å². The first kappa shape index (κ1) is 11.1. The Morgan fingerprint density at radius 2 is 1.74 bits per heavy atom. The highest BCUT2D eigenvalue weighted by molar-refractivity contribution is 5.50. The third-order valence-electron chi connectivity index (χ3n) is 4.42. The fraction of sp³-hybridized carbons (Fsp3) is 0.294. The number of ether oxygens (including phenoxy) is 1. The highest BCUT2D eigenvalue weighted by atomic mass is 16.5. The van der Waals surface area contributed by atoms with Crippen molar-refractivity contribution in [3.8, 4) is 11.5 Å². The molecule has 2 aliphatic heterocycles. The van der Waals surface area contributed by atoms with E-state index in [0.29, 0.717) is 0 Å². The quantitative estimate of drug-likeness (QED) is 0.776. The van der Waals surface area contributed by atoms with Gasteiger partial charge in [-0.3, -0.25) is 0 Å². The van der Waals surface area contributed by atoms with Gasteiger partial charge in [-0.25, -0.2) is 0 Å². The zero-order valence-electron chi connectivity index (χ0n) is 10.9. The van der Waals surface area contributed by atoms with Gasteiger partial charge in [0.05, 0.1) is 0 Å². The number of hydrogen-bond acceptors (Lipinski definition) is 2. The summed E-state index contributed by atoms with van der Waals surface area (Å²) in [5.41, 5.74) is 2.88. The van der Waals surface area contributed by atoms with E-state index in [9.17, 15) is 0 Å². The van der Waals surface area contributed by atoms with Crippen molar-refractivity contribution in [3.05, 3.63) is 59.7 Å². The maximum atomic E-state index is 6.16. The topological polar surface area (TPSA) is 21.3 Å². The predicted molar refractivity (Wildman–Crippen MR) is 75.8 cm³/mol. The van der Waals surface area contributed by atoms with Crippen LogP contribution in [0.1, 0.15) is 17.5 Å². The number of para-hydroxylation sites is 2. The zero-order valence-corrected chi connectivity index (χ0v) is 10.9. The third kappa shape index (κ3) is 1.67. The van der Waals surface area contributed by atoms with Crippen molar-refractivity contribution in [1.29, 1.82) is 0 Å². The molecule has 19 heavy (non-hydrogen) atoms. The lowest BCUT2D eigenvalue weighted by molar-refractivity contribution is 0.452. The standard InChI is InChI=1S/C17H17NO/c1-3-7-15-13(5-1)11-17(9-10-18-12-17)14-6-2-4-8-16(14)19-15/h1-8,18H,9-12H2. The maximum absolute atomic E-state index is 6.16. The summed E-state index contributed by atoms with van der Waals surface area (Å²) in [4.78, 5) is 0. The summed E-state index contributed by atoms with van der Waals surface area (Å²) in [6, 6.07) is 16.9. The van der Waals surface area contributed by atoms with Crippen LogP contribution in [0.4, 0.5) is 0 Å². The zero-order chi connectivity index (χ0) is 12.7. The average molecular weight is 251 g/mol. The molecule has 0 radical (unpaired) electrons. The Morgan fingerprint density at radius 1 is 0.947 bits per heavy atom. The summed E-state index contributed by atoms with van der Waals surface area (Å²) >= 11 is 0. The first-order valence-electron chi connectivity index (χ1n) is 6.93. The van der Waals surface area contributed by atoms with Crippen molar-refractivity contribution >= 4 is 0 Å². The number of rotatable bonds is 0. The second-order valence-electron chi connectivity index (χ2n) is 5.59. The molecule has 0 saturated carbocycles. The number of benzene rings is 2. The molecule has 2 aliphatic rings. The summed E-state index contributed by atoms with van der Waals surface area (Å²) < 4.78 is 6.16. The average Bonchev–Trinajstić information content (AvgIpc) is 2.85. The molecule has 1 saturated heterocycles. The van der Waals surface area contributed by atoms with E-state index < -0.39 is 0 Å². The van der Waals surface area contributed by atoms with Crippen LogP contribution >= 0.6 is 0 Å². The molecule has 1 unspecified atom stereocenters. The summed E-state index contributed by atoms with van der Waals surface area (Å²) in [7, 11) is 0. The molecule has 1 fully saturated rings. The molecule has 4 rings (SSSR count). The lowest BCUT2D eigenvalue weighted by atomic mass is 9.75. The number of hydrogen-bond donors (Lipinski definition) is 1. The number of nitrogens with one attached hydrogen (secondary N) is 1. The fourth-order valence-corrected chi connectivity index (χ4v) is 3.45. The Balaban J connectivity index is 1.93. The van der Waals surface area contributed by atoms with E-state index in [0.717, 1.165) is 31.0 Å². The van der Waals surface area contributed by atoms with Gasteiger partial charge < -0.3 is 10.1 Å². The van der Waals surface area contributed by atoms with Crippen molar-refractivity contribution in [1.82, 2.24) is 5.32 Å². The Hall–Kier alpha value is -1.80. The molecular weight excluding hydrogens is 234 g/mol. The highest BCUT2D eigenvalue weighted by Crippen LogP contribution is 2.45. The summed E-state index contributed by atoms with van der Waals surface area (Å²) in [5, 5.41) is 3.53. The van der Waals surface area contributed by atoms with Crippen LogP contribution in [0, 0.1) is 0 Å². The normalized spacial score (nSPS) is 24.4. The molecule has 0 aromatic heterocycles. The van der Waals surface area contributed by atoms with Gasteiger partial charge in [0, 0.05) is 17.5 Å². The molecule has 2 heterocycles. The molecular formula is C17H17NO. The van der Waals surface area contributed by atoms with Crippen LogP contribution in [0.25, 0.3) is 0 Å². The van der Waals surface area contributed by atoms with Gasteiger partial charge in [0.2, 0.25) is 0 Å². The molecule has 0 amide bonds. The molecule has 0 bridgehead atoms. The second kappa shape index (κ2) is 4.10. The Morgan fingerprint density at radius 3 is 2.58 bits per heavy atom. The molecule has 1 N–H and O–H groups in total. The van der Waals surface area contributed by atoms with Crippen molar-refractivity contribution < 1.29 is 4.74 Å². The molecule has 2 aromatic carbocycles. The van der Waals surface area contributed by atoms with Gasteiger partial charge in [-0.2, -0.15) is 0 Å². The predicted octanol–water partition coefficient (Wildman–Crippen LogP) is 3.27. The van der Waals surface area contributed by atoms with Gasteiger partial charge in [0.15, 0.2) is 0 Å². The van der Waals surface area contributed by atoms with E-state index in [1.165, 1.54) is 17.5 Å². The van der Waals surface area contributed by atoms with Crippen molar-refractivity contribution in [2.75, 3.05) is 13.1 Å². The first-order chi connectivity index (χ1) is 9.37. The van der Waals surface area contributed by atoms with E-state index in [4.69, 9.17) is 4.74 Å². The molecule has 2 aromatic rings. The van der Waals surface area contributed by atoms with E-state index in [1.807, 2.05) is 6.07 Å². The lowest BCUT2D eigenvalue weighted by Gasteiger charge is -2.28. The minimum Gasteiger partial charge on any atom is -0.457 e. The van der Waals surface area contributed by atoms with E-state index in [-0.39, 0.29) is 5.41 Å². The molecule has 1 atom stereocenters. The Bertz CT molecular complexity index is 614. The van der Waals surface area contributed by atoms with Crippen LogP contribution in [0.3, 0.4) is 0 Å². The molecule has 2 nitrogen and oxygen atoms in total. The second-order valence-corrected chi connectivity index (χ2v) is 5.59. The van der Waals surface area contributed by atoms with Crippen molar-refractivity contribution in [3.63, 3.8) is 0 Å². The van der Waals surface area contributed by atoms with Crippen molar-refractivity contribution in [2.24, 2.45) is 0 Å². The maximum Gasteiger partial charge on any atom is 0.131 e. The third-order valence-corrected chi connectivity index (χ3v) is 4.42. The van der Waals surface area contributed by atoms with Crippen LogP contribution in [0.15, 0.2) is 48.5 Å². The van der Waals surface area contributed by atoms with Gasteiger partial charge in [-0.05, 0) is 37.1 Å². The molecule has 0 aliphatic carbocycles.